The van der Waals surface area contributed by atoms with E-state index in [1.807, 2.05) is 13.0 Å². The van der Waals surface area contributed by atoms with Crippen LogP contribution in [-0.2, 0) is 20.9 Å². The molecule has 2 rings (SSSR count). The molecule has 0 saturated carbocycles. The zero-order valence-electron chi connectivity index (χ0n) is 12.3. The van der Waals surface area contributed by atoms with Gasteiger partial charge >= 0.3 is 5.97 Å². The third-order valence-electron chi connectivity index (χ3n) is 3.22. The van der Waals surface area contributed by atoms with E-state index in [2.05, 4.69) is 0 Å². The average molecular weight is 292 g/mol. The maximum absolute atomic E-state index is 12.2. The van der Waals surface area contributed by atoms with Gasteiger partial charge in [0, 0.05) is 6.54 Å². The number of amides is 1. The van der Waals surface area contributed by atoms with Crippen molar-refractivity contribution in [1.29, 1.82) is 0 Å². The normalized spacial score (nSPS) is 17.2. The van der Waals surface area contributed by atoms with Gasteiger partial charge in [0.05, 0.1) is 12.3 Å². The van der Waals surface area contributed by atoms with E-state index >= 15 is 0 Å². The zero-order chi connectivity index (χ0) is 15.4. The predicted molar refractivity (Wildman–Crippen MR) is 78.0 cm³/mol. The largest absolute Gasteiger partial charge is 0.479 e. The van der Waals surface area contributed by atoms with Crippen LogP contribution < -0.4 is 15.4 Å². The Labute approximate surface area is 123 Å². The third kappa shape index (κ3) is 3.33. The van der Waals surface area contributed by atoms with Crippen LogP contribution in [0.15, 0.2) is 18.2 Å². The van der Waals surface area contributed by atoms with Gasteiger partial charge in [-0.3, -0.25) is 14.5 Å². The number of carbonyl (C=O) groups is 2. The summed E-state index contributed by atoms with van der Waals surface area (Å²) in [6.45, 7) is 4.20. The minimum absolute atomic E-state index is 0.110. The molecule has 1 atom stereocenters. The lowest BCUT2D eigenvalue weighted by molar-refractivity contribution is -0.143. The number of nitrogens with zero attached hydrogens (tertiary/aromatic N) is 1. The first-order valence-corrected chi connectivity index (χ1v) is 7.03. The van der Waals surface area contributed by atoms with Crippen molar-refractivity contribution < 1.29 is 19.1 Å². The van der Waals surface area contributed by atoms with Crippen LogP contribution in [0.2, 0.25) is 0 Å². The molecule has 0 fully saturated rings. The quantitative estimate of drug-likeness (QED) is 0.825. The molecule has 1 unspecified atom stereocenters. The molecule has 6 nitrogen and oxygen atoms in total. The number of hydrogen-bond acceptors (Lipinski definition) is 5. The first kappa shape index (κ1) is 15.3. The van der Waals surface area contributed by atoms with Gasteiger partial charge in [0.25, 0.3) is 5.91 Å². The van der Waals surface area contributed by atoms with Gasteiger partial charge in [0.2, 0.25) is 0 Å². The minimum atomic E-state index is -0.635. The van der Waals surface area contributed by atoms with E-state index in [0.717, 1.165) is 12.0 Å². The van der Waals surface area contributed by atoms with Gasteiger partial charge in [0.15, 0.2) is 6.10 Å². The molecule has 1 aliphatic rings. The van der Waals surface area contributed by atoms with Crippen molar-refractivity contribution in [2.24, 2.45) is 5.73 Å². The summed E-state index contributed by atoms with van der Waals surface area (Å²) in [5.41, 5.74) is 7.08. The van der Waals surface area contributed by atoms with Gasteiger partial charge < -0.3 is 15.2 Å². The summed E-state index contributed by atoms with van der Waals surface area (Å²) in [5, 5.41) is 0. The van der Waals surface area contributed by atoms with E-state index in [1.54, 1.807) is 19.1 Å². The Kier molecular flexibility index (Phi) is 4.80. The van der Waals surface area contributed by atoms with Crippen LogP contribution in [0.3, 0.4) is 0 Å². The van der Waals surface area contributed by atoms with E-state index in [1.165, 1.54) is 4.90 Å². The molecule has 0 radical (unpaired) electrons. The van der Waals surface area contributed by atoms with Gasteiger partial charge in [0.1, 0.15) is 12.3 Å². The monoisotopic (exact) mass is 292 g/mol. The van der Waals surface area contributed by atoms with Crippen LogP contribution in [-0.4, -0.2) is 31.1 Å². The molecule has 1 aromatic rings. The van der Waals surface area contributed by atoms with Crippen LogP contribution in [0.5, 0.6) is 5.75 Å². The summed E-state index contributed by atoms with van der Waals surface area (Å²) < 4.78 is 10.6. The Morgan fingerprint density at radius 2 is 2.24 bits per heavy atom. The fraction of sp³-hybridized carbons (Fsp3) is 0.467. The number of rotatable bonds is 5. The summed E-state index contributed by atoms with van der Waals surface area (Å²) in [6, 6.07) is 5.35. The summed E-state index contributed by atoms with van der Waals surface area (Å²) in [6.07, 6.45) is 0.111. The lowest BCUT2D eigenvalue weighted by atomic mass is 10.1. The van der Waals surface area contributed by atoms with Crippen LogP contribution in [0.4, 0.5) is 5.69 Å². The molecule has 0 aliphatic carbocycles. The molecule has 1 aliphatic heterocycles. The highest BCUT2D eigenvalue weighted by Crippen LogP contribution is 2.34. The van der Waals surface area contributed by atoms with Crippen LogP contribution in [0.25, 0.3) is 0 Å². The Balaban J connectivity index is 2.24. The van der Waals surface area contributed by atoms with Gasteiger partial charge in [-0.15, -0.1) is 0 Å². The van der Waals surface area contributed by atoms with E-state index in [-0.39, 0.29) is 12.5 Å². The van der Waals surface area contributed by atoms with Crippen LogP contribution in [0.1, 0.15) is 25.8 Å². The number of fused-ring (bicyclic) bond motifs is 1. The highest BCUT2D eigenvalue weighted by molar-refractivity contribution is 6.03. The van der Waals surface area contributed by atoms with Crippen molar-refractivity contribution in [2.75, 3.05) is 18.1 Å². The fourth-order valence-corrected chi connectivity index (χ4v) is 2.14. The smallest absolute Gasteiger partial charge is 0.326 e. The summed E-state index contributed by atoms with van der Waals surface area (Å²) >= 11 is 0. The standard InChI is InChI=1S/C15H20N2O4/c1-3-6-20-14(18)9-17-12-5-4-11(8-16)7-13(12)21-10(2)15(17)19/h4-5,7,10H,3,6,8-9,16H2,1-2H3. The number of nitrogens with two attached hydrogens (primary N) is 1. The molecule has 6 heteroatoms. The molecule has 0 saturated heterocycles. The lowest BCUT2D eigenvalue weighted by Gasteiger charge is -2.32. The number of benzene rings is 1. The van der Waals surface area contributed by atoms with Gasteiger partial charge in [-0.2, -0.15) is 0 Å². The predicted octanol–water partition coefficient (Wildman–Crippen LogP) is 1.21. The van der Waals surface area contributed by atoms with Crippen LogP contribution >= 0.6 is 0 Å². The van der Waals surface area contributed by atoms with E-state index in [4.69, 9.17) is 15.2 Å². The maximum atomic E-state index is 12.2. The summed E-state index contributed by atoms with van der Waals surface area (Å²) in [4.78, 5) is 25.4. The Morgan fingerprint density at radius 3 is 2.90 bits per heavy atom. The second kappa shape index (κ2) is 6.58. The average Bonchev–Trinajstić information content (AvgIpc) is 2.49. The highest BCUT2D eigenvalue weighted by Gasteiger charge is 2.33. The number of esters is 1. The first-order valence-electron chi connectivity index (χ1n) is 7.03. The second-order valence-corrected chi connectivity index (χ2v) is 4.91. The molecule has 0 bridgehead atoms. The number of anilines is 1. The van der Waals surface area contributed by atoms with Crippen molar-refractivity contribution in [1.82, 2.24) is 0 Å². The van der Waals surface area contributed by atoms with Crippen molar-refractivity contribution in [3.63, 3.8) is 0 Å². The molecule has 1 heterocycles. The molecular formula is C15H20N2O4. The van der Waals surface area contributed by atoms with Crippen molar-refractivity contribution in [3.8, 4) is 5.75 Å². The summed E-state index contributed by atoms with van der Waals surface area (Å²) in [5.74, 6) is -0.113. The molecule has 21 heavy (non-hydrogen) atoms. The lowest BCUT2D eigenvalue weighted by Crippen LogP contribution is -2.47. The Morgan fingerprint density at radius 1 is 1.48 bits per heavy atom. The second-order valence-electron chi connectivity index (χ2n) is 4.91. The van der Waals surface area contributed by atoms with E-state index in [9.17, 15) is 9.59 Å². The number of hydrogen-bond donors (Lipinski definition) is 1. The zero-order valence-corrected chi connectivity index (χ0v) is 12.3. The Bertz CT molecular complexity index is 544. The topological polar surface area (TPSA) is 81.9 Å². The number of ether oxygens (including phenoxy) is 2. The molecule has 2 N–H and O–H groups in total. The first-order chi connectivity index (χ1) is 10.1. The van der Waals surface area contributed by atoms with E-state index < -0.39 is 12.1 Å². The van der Waals surface area contributed by atoms with E-state index in [0.29, 0.717) is 24.6 Å². The SMILES string of the molecule is CCCOC(=O)CN1C(=O)C(C)Oc2cc(CN)ccc21. The molecule has 0 spiro atoms. The van der Waals surface area contributed by atoms with Crippen molar-refractivity contribution >= 4 is 17.6 Å². The van der Waals surface area contributed by atoms with Gasteiger partial charge in [-0.25, -0.2) is 0 Å². The maximum Gasteiger partial charge on any atom is 0.326 e. The molecule has 0 aromatic heterocycles. The summed E-state index contributed by atoms with van der Waals surface area (Å²) in [7, 11) is 0. The molecule has 114 valence electrons. The third-order valence-corrected chi connectivity index (χ3v) is 3.22. The van der Waals surface area contributed by atoms with Crippen LogP contribution in [0, 0.1) is 0 Å². The highest BCUT2D eigenvalue weighted by atomic mass is 16.5. The molecule has 1 aromatic carbocycles. The van der Waals surface area contributed by atoms with Gasteiger partial charge in [-0.1, -0.05) is 13.0 Å². The molecular weight excluding hydrogens is 272 g/mol. The van der Waals surface area contributed by atoms with Crippen molar-refractivity contribution in [3.05, 3.63) is 23.8 Å². The minimum Gasteiger partial charge on any atom is -0.479 e. The van der Waals surface area contributed by atoms with Crippen molar-refractivity contribution in [2.45, 2.75) is 32.9 Å². The number of carbonyl (C=O) groups excluding carboxylic acids is 2. The molecule has 1 amide bonds. The Hall–Kier alpha value is -2.08. The fourth-order valence-electron chi connectivity index (χ4n) is 2.14. The van der Waals surface area contributed by atoms with Gasteiger partial charge in [-0.05, 0) is 31.0 Å².